The van der Waals surface area contributed by atoms with Crippen LogP contribution in [0.1, 0.15) is 24.1 Å². The van der Waals surface area contributed by atoms with Crippen LogP contribution in [0.15, 0.2) is 24.7 Å². The Kier molecular flexibility index (Phi) is 3.96. The summed E-state index contributed by atoms with van der Waals surface area (Å²) in [5.41, 5.74) is 3.42. The van der Waals surface area contributed by atoms with Crippen molar-refractivity contribution in [2.45, 2.75) is 25.8 Å². The van der Waals surface area contributed by atoms with Crippen LogP contribution in [0.4, 0.5) is 0 Å². The number of ether oxygens (including phenoxy) is 1. The summed E-state index contributed by atoms with van der Waals surface area (Å²) in [7, 11) is 0. The lowest BCUT2D eigenvalue weighted by atomic mass is 10.1. The quantitative estimate of drug-likeness (QED) is 0.840. The number of aromatic nitrogens is 3. The molecule has 110 valence electrons. The maximum atomic E-state index is 7.67. The van der Waals surface area contributed by atoms with Crippen molar-refractivity contribution in [3.8, 4) is 0 Å². The number of nitrogens with zero attached hydrogens (tertiary/aromatic N) is 3. The van der Waals surface area contributed by atoms with Gasteiger partial charge in [-0.2, -0.15) is 5.10 Å². The SMILES string of the molecule is Cc1nn2ccnc2cc1/C(C=N)=C/NC1CCOCC1. The molecule has 0 amide bonds. The first-order valence-corrected chi connectivity index (χ1v) is 7.14. The van der Waals surface area contributed by atoms with Crippen molar-refractivity contribution in [2.75, 3.05) is 13.2 Å². The summed E-state index contributed by atoms with van der Waals surface area (Å²) >= 11 is 0. The number of fused-ring (bicyclic) bond motifs is 1. The van der Waals surface area contributed by atoms with Crippen molar-refractivity contribution >= 4 is 17.4 Å². The molecule has 0 spiro atoms. The highest BCUT2D eigenvalue weighted by atomic mass is 16.5. The first kappa shape index (κ1) is 13.8. The second kappa shape index (κ2) is 6.05. The monoisotopic (exact) mass is 285 g/mol. The summed E-state index contributed by atoms with van der Waals surface area (Å²) in [4.78, 5) is 4.25. The van der Waals surface area contributed by atoms with Crippen molar-refractivity contribution in [2.24, 2.45) is 0 Å². The van der Waals surface area contributed by atoms with E-state index >= 15 is 0 Å². The first-order chi connectivity index (χ1) is 10.3. The van der Waals surface area contributed by atoms with E-state index in [1.165, 1.54) is 6.21 Å². The Morgan fingerprint density at radius 1 is 1.48 bits per heavy atom. The van der Waals surface area contributed by atoms with E-state index < -0.39 is 0 Å². The number of aryl methyl sites for hydroxylation is 1. The Morgan fingerprint density at radius 2 is 2.29 bits per heavy atom. The molecule has 1 aliphatic heterocycles. The van der Waals surface area contributed by atoms with E-state index in [9.17, 15) is 0 Å². The number of allylic oxidation sites excluding steroid dienone is 1. The maximum absolute atomic E-state index is 7.67. The van der Waals surface area contributed by atoms with Gasteiger partial charge in [-0.1, -0.05) is 0 Å². The Labute approximate surface area is 123 Å². The standard InChI is InChI=1S/C15H19N5O/c1-11-14(8-15-17-4-5-20(15)19-11)12(9-16)10-18-13-2-6-21-7-3-13/h4-5,8-10,13,16,18H,2-3,6-7H2,1H3/b12-10+,16-9?. The second-order valence-corrected chi connectivity index (χ2v) is 5.17. The van der Waals surface area contributed by atoms with Crippen LogP contribution in [-0.2, 0) is 4.74 Å². The minimum atomic E-state index is 0.414. The third-order valence-corrected chi connectivity index (χ3v) is 3.73. The molecule has 1 fully saturated rings. The highest BCUT2D eigenvalue weighted by Crippen LogP contribution is 2.17. The van der Waals surface area contributed by atoms with Gasteiger partial charge in [0.15, 0.2) is 5.65 Å². The topological polar surface area (TPSA) is 75.3 Å². The first-order valence-electron chi connectivity index (χ1n) is 7.14. The molecular formula is C15H19N5O. The summed E-state index contributed by atoms with van der Waals surface area (Å²) in [6, 6.07) is 2.38. The molecule has 2 N–H and O–H groups in total. The highest BCUT2D eigenvalue weighted by molar-refractivity contribution is 6.08. The van der Waals surface area contributed by atoms with E-state index in [2.05, 4.69) is 15.4 Å². The van der Waals surface area contributed by atoms with Crippen LogP contribution >= 0.6 is 0 Å². The average Bonchev–Trinajstić information content (AvgIpc) is 2.96. The van der Waals surface area contributed by atoms with Gasteiger partial charge in [-0.25, -0.2) is 9.50 Å². The molecule has 6 heteroatoms. The molecule has 0 bridgehead atoms. The van der Waals surface area contributed by atoms with Gasteiger partial charge in [0.1, 0.15) is 0 Å². The lowest BCUT2D eigenvalue weighted by molar-refractivity contribution is 0.0812. The van der Waals surface area contributed by atoms with E-state index in [0.29, 0.717) is 6.04 Å². The van der Waals surface area contributed by atoms with Gasteiger partial charge >= 0.3 is 0 Å². The third kappa shape index (κ3) is 2.95. The summed E-state index contributed by atoms with van der Waals surface area (Å²) in [6.45, 7) is 3.54. The van der Waals surface area contributed by atoms with Gasteiger partial charge < -0.3 is 15.5 Å². The molecule has 0 saturated carbocycles. The van der Waals surface area contributed by atoms with Crippen molar-refractivity contribution < 1.29 is 4.74 Å². The molecule has 2 aromatic rings. The van der Waals surface area contributed by atoms with Crippen molar-refractivity contribution in [3.05, 3.63) is 35.9 Å². The Hall–Kier alpha value is -2.21. The van der Waals surface area contributed by atoms with Crippen LogP contribution in [0, 0.1) is 12.3 Å². The summed E-state index contributed by atoms with van der Waals surface area (Å²) in [5, 5.41) is 15.5. The fourth-order valence-electron chi connectivity index (χ4n) is 2.51. The second-order valence-electron chi connectivity index (χ2n) is 5.17. The smallest absolute Gasteiger partial charge is 0.154 e. The molecule has 0 atom stereocenters. The normalized spacial score (nSPS) is 17.1. The van der Waals surface area contributed by atoms with E-state index in [1.54, 1.807) is 10.7 Å². The zero-order valence-electron chi connectivity index (χ0n) is 12.0. The predicted molar refractivity (Wildman–Crippen MR) is 81.5 cm³/mol. The van der Waals surface area contributed by atoms with Crippen molar-refractivity contribution in [1.29, 1.82) is 5.41 Å². The molecule has 0 radical (unpaired) electrons. The Morgan fingerprint density at radius 3 is 3.05 bits per heavy atom. The van der Waals surface area contributed by atoms with Gasteiger partial charge in [0.25, 0.3) is 0 Å². The van der Waals surface area contributed by atoms with Gasteiger partial charge in [-0.3, -0.25) is 0 Å². The molecule has 1 aliphatic rings. The van der Waals surface area contributed by atoms with Crippen molar-refractivity contribution in [1.82, 2.24) is 19.9 Å². The molecule has 3 heterocycles. The largest absolute Gasteiger partial charge is 0.387 e. The molecule has 0 unspecified atom stereocenters. The number of nitrogens with one attached hydrogen (secondary N) is 2. The van der Waals surface area contributed by atoms with Gasteiger partial charge in [0.05, 0.1) is 5.69 Å². The molecular weight excluding hydrogens is 266 g/mol. The van der Waals surface area contributed by atoms with Crippen LogP contribution in [0.3, 0.4) is 0 Å². The Balaban J connectivity index is 1.86. The number of hydrogen-bond donors (Lipinski definition) is 2. The van der Waals surface area contributed by atoms with Crippen LogP contribution in [0.25, 0.3) is 11.2 Å². The Bertz CT molecular complexity index is 670. The maximum Gasteiger partial charge on any atom is 0.154 e. The fraction of sp³-hybridized carbons (Fsp3) is 0.400. The molecule has 3 rings (SSSR count). The molecule has 21 heavy (non-hydrogen) atoms. The van der Waals surface area contributed by atoms with E-state index in [0.717, 1.165) is 48.5 Å². The summed E-state index contributed by atoms with van der Waals surface area (Å²) < 4.78 is 7.09. The average molecular weight is 285 g/mol. The molecule has 2 aromatic heterocycles. The lowest BCUT2D eigenvalue weighted by Gasteiger charge is -2.22. The molecule has 0 aliphatic carbocycles. The summed E-state index contributed by atoms with van der Waals surface area (Å²) in [6.07, 6.45) is 8.80. The minimum absolute atomic E-state index is 0.414. The lowest BCUT2D eigenvalue weighted by Crippen LogP contribution is -2.31. The van der Waals surface area contributed by atoms with Crippen LogP contribution < -0.4 is 5.32 Å². The predicted octanol–water partition coefficient (Wildman–Crippen LogP) is 1.80. The number of rotatable bonds is 4. The van der Waals surface area contributed by atoms with Crippen LogP contribution in [0.5, 0.6) is 0 Å². The van der Waals surface area contributed by atoms with Gasteiger partial charge in [-0.05, 0) is 25.8 Å². The number of hydrogen-bond acceptors (Lipinski definition) is 5. The molecule has 0 aromatic carbocycles. The fourth-order valence-corrected chi connectivity index (χ4v) is 2.51. The summed E-state index contributed by atoms with van der Waals surface area (Å²) in [5.74, 6) is 0. The molecule has 1 saturated heterocycles. The van der Waals surface area contributed by atoms with Crippen LogP contribution in [-0.4, -0.2) is 40.1 Å². The highest BCUT2D eigenvalue weighted by Gasteiger charge is 2.13. The van der Waals surface area contributed by atoms with E-state index in [4.69, 9.17) is 10.1 Å². The van der Waals surface area contributed by atoms with Crippen molar-refractivity contribution in [3.63, 3.8) is 0 Å². The van der Waals surface area contributed by atoms with Gasteiger partial charge in [-0.15, -0.1) is 0 Å². The van der Waals surface area contributed by atoms with Gasteiger partial charge in [0.2, 0.25) is 0 Å². The van der Waals surface area contributed by atoms with Crippen LogP contribution in [0.2, 0.25) is 0 Å². The third-order valence-electron chi connectivity index (χ3n) is 3.73. The zero-order chi connectivity index (χ0) is 14.7. The number of imidazole rings is 1. The van der Waals surface area contributed by atoms with Gasteiger partial charge in [0, 0.05) is 55.2 Å². The zero-order valence-corrected chi connectivity index (χ0v) is 12.0. The van der Waals surface area contributed by atoms with E-state index in [-0.39, 0.29) is 0 Å². The molecule has 6 nitrogen and oxygen atoms in total. The van der Waals surface area contributed by atoms with E-state index in [1.807, 2.05) is 25.4 Å². The minimum Gasteiger partial charge on any atom is -0.387 e.